The fourth-order valence-electron chi connectivity index (χ4n) is 3.43. The van der Waals surface area contributed by atoms with Crippen molar-refractivity contribution in [3.8, 4) is 5.75 Å². The zero-order valence-corrected chi connectivity index (χ0v) is 19.1. The minimum atomic E-state index is -2.37. The van der Waals surface area contributed by atoms with Crippen LogP contribution in [-0.2, 0) is 4.79 Å². The molecule has 0 atom stereocenters. The molecule has 0 aliphatic carbocycles. The highest BCUT2D eigenvalue weighted by Gasteiger charge is 2.30. The summed E-state index contributed by atoms with van der Waals surface area (Å²) in [5, 5.41) is 0. The Kier molecular flexibility index (Phi) is 10.9. The molecule has 2 rings (SSSR count). The second-order valence-corrected chi connectivity index (χ2v) is 8.07. The van der Waals surface area contributed by atoms with Crippen molar-refractivity contribution in [3.05, 3.63) is 63.7 Å². The van der Waals surface area contributed by atoms with Crippen LogP contribution in [0.5, 0.6) is 5.75 Å². The van der Waals surface area contributed by atoms with Crippen molar-refractivity contribution in [2.24, 2.45) is 0 Å². The third-order valence-electron chi connectivity index (χ3n) is 5.41. The lowest BCUT2D eigenvalue weighted by Crippen LogP contribution is -2.13. The standard InChI is InChI=1S/C24H20F10O3/c25-14-13(15(26)17(28)18(29)16(14)27)11(35)9-7-5-3-1-2-4-6-8-10-12(36)37-24-22(33)20(31)19(30)21(32)23(24)34/h1-10H2. The molecule has 37 heavy (non-hydrogen) atoms. The van der Waals surface area contributed by atoms with Gasteiger partial charge in [0.05, 0.1) is 5.56 Å². The summed E-state index contributed by atoms with van der Waals surface area (Å²) < 4.78 is 137. The van der Waals surface area contributed by atoms with Gasteiger partial charge in [-0.05, 0) is 12.8 Å². The molecule has 3 nitrogen and oxygen atoms in total. The van der Waals surface area contributed by atoms with E-state index in [0.29, 0.717) is 38.5 Å². The first-order valence-electron chi connectivity index (χ1n) is 11.2. The van der Waals surface area contributed by atoms with Gasteiger partial charge in [0, 0.05) is 12.8 Å². The molecule has 2 aromatic carbocycles. The van der Waals surface area contributed by atoms with Gasteiger partial charge in [0.15, 0.2) is 29.1 Å². The molecule has 0 saturated heterocycles. The van der Waals surface area contributed by atoms with Crippen LogP contribution in [0.2, 0.25) is 0 Å². The molecular formula is C24H20F10O3. The Morgan fingerprint density at radius 2 is 0.757 bits per heavy atom. The summed E-state index contributed by atoms with van der Waals surface area (Å²) in [4.78, 5) is 23.6. The van der Waals surface area contributed by atoms with E-state index in [2.05, 4.69) is 4.74 Å². The van der Waals surface area contributed by atoms with Crippen molar-refractivity contribution in [1.29, 1.82) is 0 Å². The van der Waals surface area contributed by atoms with Gasteiger partial charge in [0.2, 0.25) is 40.7 Å². The van der Waals surface area contributed by atoms with Crippen LogP contribution >= 0.6 is 0 Å². The second kappa shape index (κ2) is 13.4. The monoisotopic (exact) mass is 546 g/mol. The van der Waals surface area contributed by atoms with Gasteiger partial charge < -0.3 is 4.74 Å². The molecule has 0 saturated carbocycles. The fourth-order valence-corrected chi connectivity index (χ4v) is 3.43. The number of ether oxygens (including phenoxy) is 1. The number of esters is 1. The van der Waals surface area contributed by atoms with E-state index in [9.17, 15) is 53.5 Å². The molecule has 0 aliphatic rings. The van der Waals surface area contributed by atoms with Crippen LogP contribution in [0.15, 0.2) is 0 Å². The van der Waals surface area contributed by atoms with Crippen LogP contribution in [0, 0.1) is 58.2 Å². The molecule has 13 heteroatoms. The van der Waals surface area contributed by atoms with Crippen molar-refractivity contribution < 1.29 is 58.2 Å². The molecule has 2 aromatic rings. The van der Waals surface area contributed by atoms with Crippen molar-refractivity contribution >= 4 is 11.8 Å². The summed E-state index contributed by atoms with van der Waals surface area (Å²) in [5.41, 5.74) is -1.46. The van der Waals surface area contributed by atoms with Gasteiger partial charge >= 0.3 is 5.97 Å². The Balaban J connectivity index is 1.63. The predicted molar refractivity (Wildman–Crippen MR) is 109 cm³/mol. The van der Waals surface area contributed by atoms with Crippen molar-refractivity contribution in [3.63, 3.8) is 0 Å². The molecule has 0 N–H and O–H groups in total. The third-order valence-corrected chi connectivity index (χ3v) is 5.41. The van der Waals surface area contributed by atoms with E-state index in [1.807, 2.05) is 0 Å². The maximum atomic E-state index is 13.6. The van der Waals surface area contributed by atoms with Gasteiger partial charge in [-0.25, -0.2) is 35.1 Å². The second-order valence-electron chi connectivity index (χ2n) is 8.07. The predicted octanol–water partition coefficient (Wildman–Crippen LogP) is 7.77. The molecule has 0 aliphatic heterocycles. The number of carbonyl (C=O) groups is 2. The summed E-state index contributed by atoms with van der Waals surface area (Å²) >= 11 is 0. The van der Waals surface area contributed by atoms with Gasteiger partial charge in [-0.2, -0.15) is 8.78 Å². The first kappa shape index (κ1) is 30.1. The van der Waals surface area contributed by atoms with E-state index >= 15 is 0 Å². The normalized spacial score (nSPS) is 11.2. The summed E-state index contributed by atoms with van der Waals surface area (Å²) in [6.45, 7) is 0. The van der Waals surface area contributed by atoms with Gasteiger partial charge in [-0.3, -0.25) is 9.59 Å². The summed E-state index contributed by atoms with van der Waals surface area (Å²) in [5.74, 6) is -26.4. The Bertz CT molecular complexity index is 1110. The molecule has 0 heterocycles. The van der Waals surface area contributed by atoms with E-state index in [1.54, 1.807) is 0 Å². The van der Waals surface area contributed by atoms with Crippen LogP contribution in [-0.4, -0.2) is 11.8 Å². The van der Waals surface area contributed by atoms with Crippen LogP contribution < -0.4 is 4.74 Å². The molecule has 204 valence electrons. The smallest absolute Gasteiger partial charge is 0.311 e. The maximum Gasteiger partial charge on any atom is 0.311 e. The number of Topliss-reactive ketones (excluding diaryl/α,β-unsaturated/α-hetero) is 1. The first-order chi connectivity index (χ1) is 17.4. The number of hydrogen-bond acceptors (Lipinski definition) is 3. The largest absolute Gasteiger partial charge is 0.420 e. The van der Waals surface area contributed by atoms with E-state index in [4.69, 9.17) is 0 Å². The lowest BCUT2D eigenvalue weighted by atomic mass is 10.0. The van der Waals surface area contributed by atoms with E-state index in [-0.39, 0.29) is 19.3 Å². The Hall–Kier alpha value is -3.12. The van der Waals surface area contributed by atoms with E-state index < -0.39 is 87.7 Å². The molecule has 0 radical (unpaired) electrons. The summed E-state index contributed by atoms with van der Waals surface area (Å²) in [6.07, 6.45) is 3.06. The highest BCUT2D eigenvalue weighted by molar-refractivity contribution is 5.96. The maximum absolute atomic E-state index is 13.6. The van der Waals surface area contributed by atoms with Crippen LogP contribution in [0.4, 0.5) is 43.9 Å². The first-order valence-corrected chi connectivity index (χ1v) is 11.2. The fraction of sp³-hybridized carbons (Fsp3) is 0.417. The van der Waals surface area contributed by atoms with Crippen LogP contribution in [0.1, 0.15) is 74.6 Å². The third kappa shape index (κ3) is 7.22. The highest BCUT2D eigenvalue weighted by Crippen LogP contribution is 2.29. The number of benzene rings is 2. The number of rotatable bonds is 13. The summed E-state index contributed by atoms with van der Waals surface area (Å²) in [6, 6.07) is 0. The number of unbranched alkanes of at least 4 members (excludes halogenated alkanes) is 7. The minimum absolute atomic E-state index is 0.155. The van der Waals surface area contributed by atoms with Crippen LogP contribution in [0.25, 0.3) is 0 Å². The van der Waals surface area contributed by atoms with Gasteiger partial charge in [-0.1, -0.05) is 38.5 Å². The van der Waals surface area contributed by atoms with Gasteiger partial charge in [-0.15, -0.1) is 0 Å². The summed E-state index contributed by atoms with van der Waals surface area (Å²) in [7, 11) is 0. The SMILES string of the molecule is O=C(CCCCCCCCCCC(=O)c1c(F)c(F)c(F)c(F)c1F)Oc1c(F)c(F)c(F)c(F)c1F. The minimum Gasteiger partial charge on any atom is -0.420 e. The van der Waals surface area contributed by atoms with E-state index in [0.717, 1.165) is 0 Å². The van der Waals surface area contributed by atoms with Crippen molar-refractivity contribution in [2.45, 2.75) is 64.2 Å². The number of carbonyl (C=O) groups excluding carboxylic acids is 2. The highest BCUT2D eigenvalue weighted by atomic mass is 19.2. The Morgan fingerprint density at radius 1 is 0.432 bits per heavy atom. The van der Waals surface area contributed by atoms with E-state index in [1.165, 1.54) is 0 Å². The molecule has 0 aromatic heterocycles. The molecule has 0 fully saturated rings. The quantitative estimate of drug-likeness (QED) is 0.0491. The van der Waals surface area contributed by atoms with Crippen LogP contribution in [0.3, 0.4) is 0 Å². The van der Waals surface area contributed by atoms with Gasteiger partial charge in [0.25, 0.3) is 0 Å². The molecular weight excluding hydrogens is 526 g/mol. The molecule has 0 spiro atoms. The van der Waals surface area contributed by atoms with Crippen molar-refractivity contribution in [1.82, 2.24) is 0 Å². The number of ketones is 1. The number of halogens is 10. The zero-order valence-electron chi connectivity index (χ0n) is 19.1. The molecule has 0 bridgehead atoms. The van der Waals surface area contributed by atoms with Gasteiger partial charge in [0.1, 0.15) is 0 Å². The molecule has 0 unspecified atom stereocenters. The topological polar surface area (TPSA) is 43.4 Å². The average Bonchev–Trinajstić information content (AvgIpc) is 2.87. The number of hydrogen-bond donors (Lipinski definition) is 0. The Labute approximate surface area is 204 Å². The average molecular weight is 546 g/mol. The lowest BCUT2D eigenvalue weighted by molar-refractivity contribution is -0.135. The van der Waals surface area contributed by atoms with Crippen molar-refractivity contribution in [2.75, 3.05) is 0 Å². The lowest BCUT2D eigenvalue weighted by Gasteiger charge is -2.09. The zero-order chi connectivity index (χ0) is 27.9. The Morgan fingerprint density at radius 3 is 1.19 bits per heavy atom. The molecule has 0 amide bonds.